The summed E-state index contributed by atoms with van der Waals surface area (Å²) in [5, 5.41) is 2.83. The molecule has 0 saturated heterocycles. The molecule has 0 bridgehead atoms. The predicted molar refractivity (Wildman–Crippen MR) is 78.0 cm³/mol. The standard InChI is InChI=1S/C9H10Br2N2OS2/c1-4(2-7(12)15)13-9(14)6-3-5(10)8(11)16-6/h3-4H,2H2,1H3,(H2,12,15)(H,13,14). The van der Waals surface area contributed by atoms with Gasteiger partial charge in [-0.1, -0.05) is 12.2 Å². The lowest BCUT2D eigenvalue weighted by atomic mass is 10.2. The zero-order valence-electron chi connectivity index (χ0n) is 8.42. The Kier molecular flexibility index (Phi) is 5.36. The molecule has 0 aliphatic rings. The zero-order valence-corrected chi connectivity index (χ0v) is 13.2. The van der Waals surface area contributed by atoms with E-state index in [-0.39, 0.29) is 11.9 Å². The van der Waals surface area contributed by atoms with Crippen molar-refractivity contribution in [3.05, 3.63) is 19.2 Å². The Morgan fingerprint density at radius 2 is 2.31 bits per heavy atom. The van der Waals surface area contributed by atoms with Crippen molar-refractivity contribution in [2.24, 2.45) is 5.73 Å². The highest BCUT2D eigenvalue weighted by Gasteiger charge is 2.14. The lowest BCUT2D eigenvalue weighted by Crippen LogP contribution is -2.34. The molecule has 0 aliphatic carbocycles. The minimum Gasteiger partial charge on any atom is -0.393 e. The van der Waals surface area contributed by atoms with Crippen LogP contribution in [0.2, 0.25) is 0 Å². The quantitative estimate of drug-likeness (QED) is 0.783. The molecule has 1 heterocycles. The van der Waals surface area contributed by atoms with E-state index in [1.54, 1.807) is 6.07 Å². The summed E-state index contributed by atoms with van der Waals surface area (Å²) in [6.07, 6.45) is 0.509. The molecule has 3 nitrogen and oxygen atoms in total. The Hall–Kier alpha value is 0.0200. The lowest BCUT2D eigenvalue weighted by Gasteiger charge is -2.11. The number of hydrogen-bond donors (Lipinski definition) is 2. The molecule has 1 rings (SSSR count). The number of nitrogens with two attached hydrogens (primary N) is 1. The number of carbonyl (C=O) groups excluding carboxylic acids is 1. The summed E-state index contributed by atoms with van der Waals surface area (Å²) in [5.41, 5.74) is 5.40. The minimum absolute atomic E-state index is 0.0512. The van der Waals surface area contributed by atoms with Crippen LogP contribution < -0.4 is 11.1 Å². The van der Waals surface area contributed by atoms with Crippen LogP contribution in [0, 0.1) is 0 Å². The van der Waals surface area contributed by atoms with E-state index >= 15 is 0 Å². The van der Waals surface area contributed by atoms with E-state index in [4.69, 9.17) is 18.0 Å². The molecule has 0 aromatic carbocycles. The van der Waals surface area contributed by atoms with Crippen LogP contribution in [0.3, 0.4) is 0 Å². The highest BCUT2D eigenvalue weighted by Crippen LogP contribution is 2.32. The van der Waals surface area contributed by atoms with Crippen molar-refractivity contribution in [1.82, 2.24) is 5.32 Å². The molecule has 1 atom stereocenters. The van der Waals surface area contributed by atoms with Crippen molar-refractivity contribution in [3.8, 4) is 0 Å². The van der Waals surface area contributed by atoms with Crippen molar-refractivity contribution in [3.63, 3.8) is 0 Å². The van der Waals surface area contributed by atoms with Gasteiger partial charge in [-0.15, -0.1) is 11.3 Å². The van der Waals surface area contributed by atoms with E-state index in [0.29, 0.717) is 16.3 Å². The van der Waals surface area contributed by atoms with E-state index in [2.05, 4.69) is 37.2 Å². The number of carbonyl (C=O) groups is 1. The van der Waals surface area contributed by atoms with E-state index in [1.807, 2.05) is 6.92 Å². The molecule has 1 aromatic heterocycles. The second kappa shape index (κ2) is 6.09. The number of hydrogen-bond acceptors (Lipinski definition) is 3. The maximum Gasteiger partial charge on any atom is 0.261 e. The van der Waals surface area contributed by atoms with E-state index in [1.165, 1.54) is 11.3 Å². The van der Waals surface area contributed by atoms with E-state index < -0.39 is 0 Å². The molecule has 1 unspecified atom stereocenters. The summed E-state index contributed by atoms with van der Waals surface area (Å²) in [5.74, 6) is -0.111. The molecule has 1 aromatic rings. The fraction of sp³-hybridized carbons (Fsp3) is 0.333. The summed E-state index contributed by atoms with van der Waals surface area (Å²) < 4.78 is 1.78. The van der Waals surface area contributed by atoms with Gasteiger partial charge in [0, 0.05) is 16.9 Å². The van der Waals surface area contributed by atoms with Crippen LogP contribution in [-0.4, -0.2) is 16.9 Å². The zero-order chi connectivity index (χ0) is 12.3. The van der Waals surface area contributed by atoms with Crippen LogP contribution in [0.1, 0.15) is 23.0 Å². The summed E-state index contributed by atoms with van der Waals surface area (Å²) >= 11 is 12.8. The van der Waals surface area contributed by atoms with Gasteiger partial charge in [0.2, 0.25) is 0 Å². The molecule has 1 amide bonds. The van der Waals surface area contributed by atoms with Gasteiger partial charge in [0.25, 0.3) is 5.91 Å². The first-order valence-corrected chi connectivity index (χ1v) is 7.25. The predicted octanol–water partition coefficient (Wildman–Crippen LogP) is 3.07. The molecule has 0 fully saturated rings. The first-order chi connectivity index (χ1) is 7.40. The van der Waals surface area contributed by atoms with Crippen molar-refractivity contribution < 1.29 is 4.79 Å². The van der Waals surface area contributed by atoms with Crippen LogP contribution in [0.25, 0.3) is 0 Å². The molecule has 0 saturated carbocycles. The molecule has 0 spiro atoms. The average molecular weight is 386 g/mol. The SMILES string of the molecule is CC(CC(N)=S)NC(=O)c1cc(Br)c(Br)s1. The largest absolute Gasteiger partial charge is 0.393 e. The third-order valence-electron chi connectivity index (χ3n) is 1.75. The highest BCUT2D eigenvalue weighted by atomic mass is 79.9. The van der Waals surface area contributed by atoms with Crippen LogP contribution in [0.4, 0.5) is 0 Å². The van der Waals surface area contributed by atoms with Gasteiger partial charge >= 0.3 is 0 Å². The lowest BCUT2D eigenvalue weighted by molar-refractivity contribution is 0.0945. The molecule has 16 heavy (non-hydrogen) atoms. The van der Waals surface area contributed by atoms with Gasteiger partial charge in [0.05, 0.1) is 13.7 Å². The smallest absolute Gasteiger partial charge is 0.261 e. The maximum absolute atomic E-state index is 11.8. The van der Waals surface area contributed by atoms with E-state index in [0.717, 1.165) is 8.26 Å². The minimum atomic E-state index is -0.111. The summed E-state index contributed by atoms with van der Waals surface area (Å²) in [7, 11) is 0. The van der Waals surface area contributed by atoms with Gasteiger partial charge in [-0.3, -0.25) is 4.79 Å². The second-order valence-electron chi connectivity index (χ2n) is 3.28. The molecule has 3 N–H and O–H groups in total. The Bertz CT molecular complexity index is 400. The Labute approximate surface area is 120 Å². The van der Waals surface area contributed by atoms with Gasteiger partial charge in [-0.25, -0.2) is 0 Å². The third kappa shape index (κ3) is 4.12. The molecular formula is C9H10Br2N2OS2. The van der Waals surface area contributed by atoms with Gasteiger partial charge in [0.15, 0.2) is 0 Å². The summed E-state index contributed by atoms with van der Waals surface area (Å²) in [6, 6.07) is 1.72. The van der Waals surface area contributed by atoms with Crippen molar-refractivity contribution >= 4 is 66.3 Å². The van der Waals surface area contributed by atoms with Crippen LogP contribution in [0.15, 0.2) is 14.3 Å². The third-order valence-corrected chi connectivity index (χ3v) is 5.18. The Morgan fingerprint density at radius 3 is 2.75 bits per heavy atom. The summed E-state index contributed by atoms with van der Waals surface area (Å²) in [4.78, 5) is 12.8. The molecule has 0 radical (unpaired) electrons. The first kappa shape index (κ1) is 14.1. The van der Waals surface area contributed by atoms with E-state index in [9.17, 15) is 4.79 Å². The molecule has 0 aliphatic heterocycles. The number of halogens is 2. The molecule has 7 heteroatoms. The number of nitrogens with one attached hydrogen (secondary N) is 1. The second-order valence-corrected chi connectivity index (χ2v) is 7.03. The fourth-order valence-electron chi connectivity index (χ4n) is 1.11. The number of thiophene rings is 1. The Morgan fingerprint density at radius 1 is 1.69 bits per heavy atom. The number of rotatable bonds is 4. The monoisotopic (exact) mass is 384 g/mol. The molecular weight excluding hydrogens is 376 g/mol. The van der Waals surface area contributed by atoms with Gasteiger partial charge < -0.3 is 11.1 Å². The average Bonchev–Trinajstić information content (AvgIpc) is 2.45. The maximum atomic E-state index is 11.8. The van der Waals surface area contributed by atoms with Crippen molar-refractivity contribution in [2.75, 3.05) is 0 Å². The van der Waals surface area contributed by atoms with Gasteiger partial charge in [-0.05, 0) is 44.8 Å². The van der Waals surface area contributed by atoms with Gasteiger partial charge in [-0.2, -0.15) is 0 Å². The van der Waals surface area contributed by atoms with Crippen LogP contribution in [-0.2, 0) is 0 Å². The van der Waals surface area contributed by atoms with Gasteiger partial charge in [0.1, 0.15) is 0 Å². The molecule has 88 valence electrons. The van der Waals surface area contributed by atoms with Crippen molar-refractivity contribution in [1.29, 1.82) is 0 Å². The fourth-order valence-corrected chi connectivity index (χ4v) is 3.29. The highest BCUT2D eigenvalue weighted by molar-refractivity contribution is 9.13. The first-order valence-electron chi connectivity index (χ1n) is 4.44. The Balaban J connectivity index is 2.62. The van der Waals surface area contributed by atoms with Crippen LogP contribution >= 0.6 is 55.4 Å². The summed E-state index contributed by atoms with van der Waals surface area (Å²) in [6.45, 7) is 1.87. The number of thiocarbonyl (C=S) groups is 1. The normalized spacial score (nSPS) is 12.2. The topological polar surface area (TPSA) is 55.1 Å². The van der Waals surface area contributed by atoms with Crippen LogP contribution in [0.5, 0.6) is 0 Å². The number of amides is 1. The van der Waals surface area contributed by atoms with Crippen molar-refractivity contribution in [2.45, 2.75) is 19.4 Å².